The van der Waals surface area contributed by atoms with E-state index in [1.54, 1.807) is 7.05 Å². The van der Waals surface area contributed by atoms with Gasteiger partial charge in [-0.2, -0.15) is 0 Å². The second-order valence-electron chi connectivity index (χ2n) is 6.79. The smallest absolute Gasteiger partial charge is 0.249 e. The fourth-order valence-corrected chi connectivity index (χ4v) is 3.80. The predicted octanol–water partition coefficient (Wildman–Crippen LogP) is 3.97. The maximum atomic E-state index is 12.8. The highest BCUT2D eigenvalue weighted by Crippen LogP contribution is 2.35. The van der Waals surface area contributed by atoms with Gasteiger partial charge in [0.15, 0.2) is 0 Å². The van der Waals surface area contributed by atoms with Crippen LogP contribution in [0.1, 0.15) is 23.5 Å². The van der Waals surface area contributed by atoms with Crippen LogP contribution in [0.25, 0.3) is 0 Å². The highest BCUT2D eigenvalue weighted by atomic mass is 35.5. The number of hydrogen-bond acceptors (Lipinski definition) is 3. The molecule has 0 bridgehead atoms. The van der Waals surface area contributed by atoms with Crippen molar-refractivity contribution in [2.75, 3.05) is 27.2 Å². The molecule has 5 heteroatoms. The molecule has 1 amide bonds. The minimum atomic E-state index is -0.0897. The molecule has 1 aliphatic heterocycles. The summed E-state index contributed by atoms with van der Waals surface area (Å²) in [6.07, 6.45) is 0.812. The summed E-state index contributed by atoms with van der Waals surface area (Å²) in [5.41, 5.74) is 2.44. The molecule has 0 radical (unpaired) electrons. The molecule has 0 spiro atoms. The Kier molecular flexibility index (Phi) is 6.30. The molecule has 2 aromatic carbocycles. The van der Waals surface area contributed by atoms with E-state index in [1.165, 1.54) is 17.7 Å². The largest absolute Gasteiger partial charge is 0.298 e. The first-order chi connectivity index (χ1) is 12.6. The average molecular weight is 373 g/mol. The second-order valence-corrected chi connectivity index (χ2v) is 7.23. The summed E-state index contributed by atoms with van der Waals surface area (Å²) in [4.78, 5) is 20.4. The Bertz CT molecular complexity index is 721. The SMILES string of the molecule is CON(C)C(=O)C1CCN(Cc2ccccc2)CC1c1ccc(Cl)cc1. The molecule has 1 fully saturated rings. The van der Waals surface area contributed by atoms with E-state index in [0.717, 1.165) is 31.6 Å². The van der Waals surface area contributed by atoms with Gasteiger partial charge in [-0.3, -0.25) is 14.5 Å². The molecule has 1 saturated heterocycles. The van der Waals surface area contributed by atoms with Crippen molar-refractivity contribution >= 4 is 17.5 Å². The van der Waals surface area contributed by atoms with E-state index in [0.29, 0.717) is 5.02 Å². The summed E-state index contributed by atoms with van der Waals surface area (Å²) >= 11 is 6.05. The van der Waals surface area contributed by atoms with Gasteiger partial charge in [0.05, 0.1) is 7.11 Å². The first-order valence-corrected chi connectivity index (χ1v) is 9.29. The van der Waals surface area contributed by atoms with Crippen LogP contribution in [0, 0.1) is 5.92 Å². The number of likely N-dealkylation sites (tertiary alicyclic amines) is 1. The van der Waals surface area contributed by atoms with E-state index in [1.807, 2.05) is 30.3 Å². The van der Waals surface area contributed by atoms with Crippen molar-refractivity contribution in [3.63, 3.8) is 0 Å². The van der Waals surface area contributed by atoms with E-state index >= 15 is 0 Å². The van der Waals surface area contributed by atoms with E-state index < -0.39 is 0 Å². The molecule has 0 N–H and O–H groups in total. The first kappa shape index (κ1) is 18.9. The molecule has 2 aromatic rings. The number of nitrogens with zero attached hydrogens (tertiary/aromatic N) is 2. The first-order valence-electron chi connectivity index (χ1n) is 8.92. The lowest BCUT2D eigenvalue weighted by Gasteiger charge is -2.39. The van der Waals surface area contributed by atoms with E-state index in [-0.39, 0.29) is 17.7 Å². The van der Waals surface area contributed by atoms with Crippen molar-refractivity contribution in [2.24, 2.45) is 5.92 Å². The van der Waals surface area contributed by atoms with Crippen molar-refractivity contribution in [2.45, 2.75) is 18.9 Å². The predicted molar refractivity (Wildman–Crippen MR) is 104 cm³/mol. The van der Waals surface area contributed by atoms with Crippen molar-refractivity contribution in [1.82, 2.24) is 9.96 Å². The second kappa shape index (κ2) is 8.67. The maximum absolute atomic E-state index is 12.8. The van der Waals surface area contributed by atoms with Gasteiger partial charge in [0.2, 0.25) is 5.91 Å². The monoisotopic (exact) mass is 372 g/mol. The number of rotatable bonds is 5. The Morgan fingerprint density at radius 3 is 2.54 bits per heavy atom. The van der Waals surface area contributed by atoms with Gasteiger partial charge in [0, 0.05) is 37.0 Å². The molecule has 3 rings (SSSR count). The van der Waals surface area contributed by atoms with Crippen molar-refractivity contribution in [3.8, 4) is 0 Å². The molecule has 1 aliphatic rings. The highest BCUT2D eigenvalue weighted by molar-refractivity contribution is 6.30. The number of benzene rings is 2. The Morgan fingerprint density at radius 1 is 1.19 bits per heavy atom. The topological polar surface area (TPSA) is 32.8 Å². The number of hydrogen-bond donors (Lipinski definition) is 0. The van der Waals surface area contributed by atoms with Crippen LogP contribution in [0.3, 0.4) is 0 Å². The summed E-state index contributed by atoms with van der Waals surface area (Å²) in [7, 11) is 3.21. The Morgan fingerprint density at radius 2 is 1.88 bits per heavy atom. The highest BCUT2D eigenvalue weighted by Gasteiger charge is 2.36. The van der Waals surface area contributed by atoms with Crippen LogP contribution in [0.4, 0.5) is 0 Å². The molecular weight excluding hydrogens is 348 g/mol. The van der Waals surface area contributed by atoms with Crippen molar-refractivity contribution in [3.05, 3.63) is 70.7 Å². The molecule has 2 unspecified atom stereocenters. The number of amides is 1. The van der Waals surface area contributed by atoms with Gasteiger partial charge in [-0.05, 0) is 36.2 Å². The number of piperidine rings is 1. The van der Waals surface area contributed by atoms with Crippen LogP contribution >= 0.6 is 11.6 Å². The van der Waals surface area contributed by atoms with Gasteiger partial charge in [0.1, 0.15) is 0 Å². The average Bonchev–Trinajstić information content (AvgIpc) is 2.68. The normalized spacial score (nSPS) is 20.7. The molecule has 0 saturated carbocycles. The Hall–Kier alpha value is -1.88. The Labute approximate surface area is 160 Å². The molecule has 0 aliphatic carbocycles. The van der Waals surface area contributed by atoms with Gasteiger partial charge in [-0.25, -0.2) is 5.06 Å². The Balaban J connectivity index is 1.81. The molecule has 0 aromatic heterocycles. The third-order valence-electron chi connectivity index (χ3n) is 5.15. The number of hydroxylamine groups is 2. The fourth-order valence-electron chi connectivity index (χ4n) is 3.67. The summed E-state index contributed by atoms with van der Waals surface area (Å²) in [6.45, 7) is 2.63. The summed E-state index contributed by atoms with van der Waals surface area (Å²) < 4.78 is 0. The lowest BCUT2D eigenvalue weighted by Crippen LogP contribution is -2.45. The summed E-state index contributed by atoms with van der Waals surface area (Å²) in [5.74, 6) is 0.0646. The maximum Gasteiger partial charge on any atom is 0.249 e. The fraction of sp³-hybridized carbons (Fsp3) is 0.381. The number of carbonyl (C=O) groups is 1. The quantitative estimate of drug-likeness (QED) is 0.744. The van der Waals surface area contributed by atoms with Gasteiger partial charge in [0.25, 0.3) is 0 Å². The van der Waals surface area contributed by atoms with Crippen molar-refractivity contribution < 1.29 is 9.63 Å². The molecule has 26 heavy (non-hydrogen) atoms. The minimum absolute atomic E-state index is 0.0341. The zero-order valence-corrected chi connectivity index (χ0v) is 16.0. The van der Waals surface area contributed by atoms with E-state index in [2.05, 4.69) is 29.2 Å². The molecule has 2 atom stereocenters. The standard InChI is InChI=1S/C21H25ClN2O2/c1-23(26-2)21(25)19-12-13-24(14-16-6-4-3-5-7-16)15-20(19)17-8-10-18(22)11-9-17/h3-11,19-20H,12-15H2,1-2H3. The van der Waals surface area contributed by atoms with Gasteiger partial charge < -0.3 is 0 Å². The molecule has 138 valence electrons. The lowest BCUT2D eigenvalue weighted by molar-refractivity contribution is -0.175. The van der Waals surface area contributed by atoms with E-state index in [9.17, 15) is 4.79 Å². The van der Waals surface area contributed by atoms with Crippen LogP contribution in [-0.2, 0) is 16.2 Å². The van der Waals surface area contributed by atoms with Gasteiger partial charge in [-0.15, -0.1) is 0 Å². The third kappa shape index (κ3) is 4.44. The molecule has 1 heterocycles. The molecular formula is C21H25ClN2O2. The lowest BCUT2D eigenvalue weighted by atomic mass is 9.80. The van der Waals surface area contributed by atoms with Crippen LogP contribution in [0.15, 0.2) is 54.6 Å². The van der Waals surface area contributed by atoms with Gasteiger partial charge >= 0.3 is 0 Å². The van der Waals surface area contributed by atoms with Crippen molar-refractivity contribution in [1.29, 1.82) is 0 Å². The van der Waals surface area contributed by atoms with E-state index in [4.69, 9.17) is 16.4 Å². The van der Waals surface area contributed by atoms with Crippen LogP contribution in [0.2, 0.25) is 5.02 Å². The zero-order chi connectivity index (χ0) is 18.5. The van der Waals surface area contributed by atoms with Crippen LogP contribution < -0.4 is 0 Å². The number of halogens is 1. The third-order valence-corrected chi connectivity index (χ3v) is 5.40. The summed E-state index contributed by atoms with van der Waals surface area (Å²) in [5, 5.41) is 2.06. The number of carbonyl (C=O) groups excluding carboxylic acids is 1. The van der Waals surface area contributed by atoms with Crippen LogP contribution in [0.5, 0.6) is 0 Å². The zero-order valence-electron chi connectivity index (χ0n) is 15.3. The minimum Gasteiger partial charge on any atom is -0.298 e. The summed E-state index contributed by atoms with van der Waals surface area (Å²) in [6, 6.07) is 18.3. The van der Waals surface area contributed by atoms with Gasteiger partial charge in [-0.1, -0.05) is 54.1 Å². The molecule has 4 nitrogen and oxygen atoms in total. The van der Waals surface area contributed by atoms with Crippen LogP contribution in [-0.4, -0.2) is 43.1 Å².